The minimum atomic E-state index is -0.349. The Morgan fingerprint density at radius 3 is 2.60 bits per heavy atom. The van der Waals surface area contributed by atoms with Crippen LogP contribution in [-0.4, -0.2) is 52.1 Å². The topological polar surface area (TPSA) is 60.2 Å². The summed E-state index contributed by atoms with van der Waals surface area (Å²) in [6.07, 6.45) is 0. The van der Waals surface area contributed by atoms with E-state index in [2.05, 4.69) is 15.1 Å². The molecule has 0 spiro atoms. The van der Waals surface area contributed by atoms with Gasteiger partial charge in [-0.15, -0.1) is 10.2 Å². The van der Waals surface area contributed by atoms with Crippen molar-refractivity contribution < 1.29 is 13.9 Å². The van der Waals surface area contributed by atoms with Gasteiger partial charge in [0.05, 0.1) is 18.5 Å². The van der Waals surface area contributed by atoms with Gasteiger partial charge in [-0.2, -0.15) is 0 Å². The molecule has 1 fully saturated rings. The first kappa shape index (κ1) is 17.9. The summed E-state index contributed by atoms with van der Waals surface area (Å²) in [6.45, 7) is 7.51. The van der Waals surface area contributed by atoms with E-state index in [0.29, 0.717) is 23.9 Å². The van der Waals surface area contributed by atoms with E-state index in [0.717, 1.165) is 25.6 Å². The van der Waals surface area contributed by atoms with Gasteiger partial charge in [0, 0.05) is 25.2 Å². The van der Waals surface area contributed by atoms with Gasteiger partial charge >= 0.3 is 0 Å². The summed E-state index contributed by atoms with van der Waals surface area (Å²) in [5.74, 6) is 0.413. The fourth-order valence-corrected chi connectivity index (χ4v) is 3.69. The van der Waals surface area contributed by atoms with Crippen molar-refractivity contribution in [2.75, 3.05) is 31.2 Å². The van der Waals surface area contributed by atoms with E-state index in [1.54, 1.807) is 0 Å². The Balaban J connectivity index is 1.74. The summed E-state index contributed by atoms with van der Waals surface area (Å²) in [7, 11) is 0. The predicted octanol–water partition coefficient (Wildman–Crippen LogP) is 2.64. The second kappa shape index (κ2) is 7.97. The summed E-state index contributed by atoms with van der Waals surface area (Å²) < 4.78 is 20.4. The second-order valence-electron chi connectivity index (χ2n) is 5.76. The van der Waals surface area contributed by atoms with Gasteiger partial charge in [-0.05, 0) is 38.1 Å². The third-order valence-corrected chi connectivity index (χ3v) is 5.17. The average Bonchev–Trinajstić information content (AvgIpc) is 3.05. The van der Waals surface area contributed by atoms with Gasteiger partial charge in [0.25, 0.3) is 0 Å². The van der Waals surface area contributed by atoms with Crippen LogP contribution in [0.2, 0.25) is 0 Å². The first-order valence-electron chi connectivity index (χ1n) is 8.32. The van der Waals surface area contributed by atoms with Crippen LogP contribution in [0.15, 0.2) is 29.4 Å². The minimum absolute atomic E-state index is 0.0522. The maximum atomic E-state index is 13.0. The molecule has 134 valence electrons. The number of ketones is 1. The molecule has 2 aromatic rings. The highest BCUT2D eigenvalue weighted by atomic mass is 32.2. The zero-order valence-electron chi connectivity index (χ0n) is 14.3. The number of carbonyl (C=O) groups excluding carboxylic acids is 1. The lowest BCUT2D eigenvalue weighted by Crippen LogP contribution is -2.38. The number of rotatable bonds is 6. The van der Waals surface area contributed by atoms with Crippen LogP contribution < -0.4 is 4.90 Å². The highest BCUT2D eigenvalue weighted by Crippen LogP contribution is 2.27. The monoisotopic (exact) mass is 364 g/mol. The molecule has 1 aromatic heterocycles. The van der Waals surface area contributed by atoms with Gasteiger partial charge in [-0.1, -0.05) is 11.8 Å². The summed E-state index contributed by atoms with van der Waals surface area (Å²) in [5, 5.41) is 8.96. The number of ether oxygens (including phenoxy) is 1. The Bertz CT molecular complexity index is 729. The van der Waals surface area contributed by atoms with E-state index < -0.39 is 0 Å². The fraction of sp³-hybridized carbons (Fsp3) is 0.471. The molecule has 0 unspecified atom stereocenters. The zero-order valence-corrected chi connectivity index (χ0v) is 15.1. The number of carbonyl (C=O) groups is 1. The third-order valence-electron chi connectivity index (χ3n) is 4.09. The molecule has 0 aliphatic carbocycles. The lowest BCUT2D eigenvalue weighted by molar-refractivity contribution is 0.0994. The van der Waals surface area contributed by atoms with Crippen molar-refractivity contribution in [1.29, 1.82) is 0 Å². The molecule has 0 amide bonds. The number of anilines is 1. The standard InChI is InChI=1S/C17H21FN4O2S/c1-3-22-16(21-8-10-24-11-9-21)19-20-17(22)25-12(2)15(23)13-4-6-14(18)7-5-13/h4-7,12H,3,8-11H2,1-2H3/t12-/m1/s1. The van der Waals surface area contributed by atoms with Gasteiger partial charge in [0.15, 0.2) is 10.9 Å². The molecule has 6 nitrogen and oxygen atoms in total. The van der Waals surface area contributed by atoms with Crippen LogP contribution in [0.1, 0.15) is 24.2 Å². The predicted molar refractivity (Wildman–Crippen MR) is 94.8 cm³/mol. The van der Waals surface area contributed by atoms with Crippen molar-refractivity contribution in [3.05, 3.63) is 35.6 Å². The van der Waals surface area contributed by atoms with E-state index in [4.69, 9.17) is 4.74 Å². The quantitative estimate of drug-likeness (QED) is 0.580. The summed E-state index contributed by atoms with van der Waals surface area (Å²) in [6, 6.07) is 5.63. The molecule has 1 atom stereocenters. The highest BCUT2D eigenvalue weighted by molar-refractivity contribution is 8.00. The van der Waals surface area contributed by atoms with Crippen molar-refractivity contribution in [3.8, 4) is 0 Å². The Labute approximate surface area is 150 Å². The van der Waals surface area contributed by atoms with Crippen molar-refractivity contribution in [2.24, 2.45) is 0 Å². The van der Waals surface area contributed by atoms with Crippen LogP contribution in [0, 0.1) is 5.82 Å². The first-order chi connectivity index (χ1) is 12.1. The molecule has 25 heavy (non-hydrogen) atoms. The molecular weight excluding hydrogens is 343 g/mol. The van der Waals surface area contributed by atoms with Crippen LogP contribution in [0.5, 0.6) is 0 Å². The second-order valence-corrected chi connectivity index (χ2v) is 7.07. The first-order valence-corrected chi connectivity index (χ1v) is 9.20. The minimum Gasteiger partial charge on any atom is -0.378 e. The van der Waals surface area contributed by atoms with Gasteiger partial charge in [-0.25, -0.2) is 4.39 Å². The van der Waals surface area contributed by atoms with Crippen LogP contribution in [0.4, 0.5) is 10.3 Å². The average molecular weight is 364 g/mol. The molecule has 1 aliphatic rings. The highest BCUT2D eigenvalue weighted by Gasteiger charge is 2.23. The number of Topliss-reactive ketones (excluding diaryl/α,β-unsaturated/α-hetero) is 1. The summed E-state index contributed by atoms with van der Waals surface area (Å²) >= 11 is 1.37. The van der Waals surface area contributed by atoms with Gasteiger partial charge < -0.3 is 9.64 Å². The smallest absolute Gasteiger partial charge is 0.228 e. The number of morpholine rings is 1. The lowest BCUT2D eigenvalue weighted by Gasteiger charge is -2.27. The summed E-state index contributed by atoms with van der Waals surface area (Å²) in [5.41, 5.74) is 0.498. The van der Waals surface area contributed by atoms with Crippen molar-refractivity contribution in [1.82, 2.24) is 14.8 Å². The van der Waals surface area contributed by atoms with E-state index in [1.807, 2.05) is 18.4 Å². The molecule has 2 heterocycles. The number of hydrogen-bond donors (Lipinski definition) is 0. The van der Waals surface area contributed by atoms with Gasteiger partial charge in [-0.3, -0.25) is 9.36 Å². The Kier molecular flexibility index (Phi) is 5.70. The maximum Gasteiger partial charge on any atom is 0.228 e. The van der Waals surface area contributed by atoms with Crippen LogP contribution in [0.3, 0.4) is 0 Å². The van der Waals surface area contributed by atoms with Crippen molar-refractivity contribution in [3.63, 3.8) is 0 Å². The zero-order chi connectivity index (χ0) is 17.8. The molecule has 0 radical (unpaired) electrons. The molecule has 1 aromatic carbocycles. The third kappa shape index (κ3) is 4.01. The number of benzene rings is 1. The number of aromatic nitrogens is 3. The largest absolute Gasteiger partial charge is 0.378 e. The van der Waals surface area contributed by atoms with Crippen molar-refractivity contribution >= 4 is 23.5 Å². The maximum absolute atomic E-state index is 13.0. The van der Waals surface area contributed by atoms with Crippen LogP contribution >= 0.6 is 11.8 Å². The normalized spacial score (nSPS) is 16.0. The van der Waals surface area contributed by atoms with Crippen LogP contribution in [0.25, 0.3) is 0 Å². The number of nitrogens with zero attached hydrogens (tertiary/aromatic N) is 4. The molecule has 1 saturated heterocycles. The summed E-state index contributed by atoms with van der Waals surface area (Å²) in [4.78, 5) is 14.7. The van der Waals surface area contributed by atoms with Crippen molar-refractivity contribution in [2.45, 2.75) is 30.8 Å². The van der Waals surface area contributed by atoms with Gasteiger partial charge in [0.2, 0.25) is 5.95 Å². The lowest BCUT2D eigenvalue weighted by atomic mass is 10.1. The van der Waals surface area contributed by atoms with E-state index in [1.165, 1.54) is 36.0 Å². The number of thioether (sulfide) groups is 1. The number of halogens is 1. The molecule has 8 heteroatoms. The molecule has 1 aliphatic heterocycles. The molecular formula is C17H21FN4O2S. The molecule has 0 N–H and O–H groups in total. The van der Waals surface area contributed by atoms with Gasteiger partial charge in [0.1, 0.15) is 5.82 Å². The molecule has 3 rings (SSSR count). The van der Waals surface area contributed by atoms with Crippen LogP contribution in [-0.2, 0) is 11.3 Å². The number of hydrogen-bond acceptors (Lipinski definition) is 6. The fourth-order valence-electron chi connectivity index (χ4n) is 2.70. The Morgan fingerprint density at radius 1 is 1.28 bits per heavy atom. The SMILES string of the molecule is CCn1c(S[C@H](C)C(=O)c2ccc(F)cc2)nnc1N1CCOCC1. The van der Waals surface area contributed by atoms with E-state index >= 15 is 0 Å². The van der Waals surface area contributed by atoms with E-state index in [9.17, 15) is 9.18 Å². The Hall–Kier alpha value is -1.93. The van der Waals surface area contributed by atoms with E-state index in [-0.39, 0.29) is 16.9 Å². The molecule has 0 bridgehead atoms. The Morgan fingerprint density at radius 2 is 1.96 bits per heavy atom. The molecule has 0 saturated carbocycles.